The molecule has 0 N–H and O–H groups in total. The van der Waals surface area contributed by atoms with Crippen LogP contribution in [-0.4, -0.2) is 23.3 Å². The van der Waals surface area contributed by atoms with Crippen LogP contribution < -0.4 is 14.5 Å². The molecule has 4 aromatic carbocycles. The Kier molecular flexibility index (Phi) is 6.47. The number of anilines is 3. The lowest BCUT2D eigenvalue weighted by Crippen LogP contribution is -2.24. The zero-order valence-electron chi connectivity index (χ0n) is 26.7. The molecule has 0 fully saturated rings. The predicted molar refractivity (Wildman–Crippen MR) is 184 cm³/mol. The summed E-state index contributed by atoms with van der Waals surface area (Å²) in [5, 5.41) is 2.38. The number of ether oxygens (including phenoxy) is 1. The normalized spacial score (nSPS) is 13.6. The molecular formula is C39H40N4O. The zero-order valence-corrected chi connectivity index (χ0v) is 26.7. The van der Waals surface area contributed by atoms with E-state index in [0.717, 1.165) is 40.7 Å². The second kappa shape index (κ2) is 10.2. The number of pyridine rings is 1. The molecule has 0 bridgehead atoms. The minimum absolute atomic E-state index is 0.0190. The number of nitrogens with zero attached hydrogens (tertiary/aromatic N) is 4. The molecule has 0 atom stereocenters. The van der Waals surface area contributed by atoms with E-state index in [1.165, 1.54) is 33.3 Å². The highest BCUT2D eigenvalue weighted by atomic mass is 16.5. The minimum Gasteiger partial charge on any atom is -0.457 e. The number of para-hydroxylation sites is 3. The highest BCUT2D eigenvalue weighted by Crippen LogP contribution is 2.43. The first-order valence-corrected chi connectivity index (χ1v) is 15.4. The maximum absolute atomic E-state index is 6.73. The Hall–Kier alpha value is -4.77. The van der Waals surface area contributed by atoms with Crippen LogP contribution in [0.25, 0.3) is 27.6 Å². The van der Waals surface area contributed by atoms with Crippen molar-refractivity contribution in [2.75, 3.05) is 23.5 Å². The number of rotatable bonds is 4. The molecule has 0 saturated carbocycles. The molecule has 44 heavy (non-hydrogen) atoms. The van der Waals surface area contributed by atoms with Crippen molar-refractivity contribution in [3.63, 3.8) is 0 Å². The Bertz CT molecular complexity index is 2020. The van der Waals surface area contributed by atoms with Crippen LogP contribution in [0, 0.1) is 0 Å². The topological polar surface area (TPSA) is 33.5 Å². The van der Waals surface area contributed by atoms with Crippen molar-refractivity contribution in [2.24, 2.45) is 0 Å². The van der Waals surface area contributed by atoms with Gasteiger partial charge in [0, 0.05) is 41.8 Å². The zero-order chi connectivity index (χ0) is 30.8. The van der Waals surface area contributed by atoms with Crippen LogP contribution in [0.1, 0.15) is 52.7 Å². The van der Waals surface area contributed by atoms with E-state index in [0.29, 0.717) is 0 Å². The van der Waals surface area contributed by atoms with Gasteiger partial charge < -0.3 is 14.5 Å². The molecule has 5 heteroatoms. The van der Waals surface area contributed by atoms with E-state index >= 15 is 0 Å². The highest BCUT2D eigenvalue weighted by molar-refractivity contribution is 6.09. The summed E-state index contributed by atoms with van der Waals surface area (Å²) in [5.41, 5.74) is 8.24. The fourth-order valence-corrected chi connectivity index (χ4v) is 6.24. The van der Waals surface area contributed by atoms with Crippen LogP contribution in [0.4, 0.5) is 17.1 Å². The largest absolute Gasteiger partial charge is 0.457 e. The number of hydrogen-bond acceptors (Lipinski definition) is 4. The number of fused-ring (bicyclic) bond motifs is 4. The second-order valence-corrected chi connectivity index (χ2v) is 14.0. The van der Waals surface area contributed by atoms with Gasteiger partial charge in [0.1, 0.15) is 17.3 Å². The summed E-state index contributed by atoms with van der Waals surface area (Å²) in [4.78, 5) is 9.50. The van der Waals surface area contributed by atoms with E-state index in [1.54, 1.807) is 0 Å². The van der Waals surface area contributed by atoms with Crippen molar-refractivity contribution in [1.29, 1.82) is 0 Å². The third kappa shape index (κ3) is 4.86. The van der Waals surface area contributed by atoms with Crippen molar-refractivity contribution in [2.45, 2.75) is 52.4 Å². The SMILES string of the molecule is CN1CN(c2cc(Oc3ccc4c5ccccc5n(-c5cc(C(C)(C)C)ccn5)c4c3)cc(C(C)(C)C)c2)c2ccccc21. The van der Waals surface area contributed by atoms with Crippen LogP contribution in [0.2, 0.25) is 0 Å². The molecule has 0 saturated heterocycles. The molecule has 5 nitrogen and oxygen atoms in total. The average Bonchev–Trinajstić information content (AvgIpc) is 3.51. The first-order chi connectivity index (χ1) is 21.0. The summed E-state index contributed by atoms with van der Waals surface area (Å²) in [5.74, 6) is 2.54. The summed E-state index contributed by atoms with van der Waals surface area (Å²) < 4.78 is 8.99. The molecule has 0 unspecified atom stereocenters. The van der Waals surface area contributed by atoms with Gasteiger partial charge in [0.2, 0.25) is 0 Å². The Morgan fingerprint density at radius 1 is 0.636 bits per heavy atom. The van der Waals surface area contributed by atoms with Crippen molar-refractivity contribution in [1.82, 2.24) is 9.55 Å². The lowest BCUT2D eigenvalue weighted by molar-refractivity contribution is 0.479. The summed E-state index contributed by atoms with van der Waals surface area (Å²) >= 11 is 0. The van der Waals surface area contributed by atoms with Crippen LogP contribution >= 0.6 is 0 Å². The van der Waals surface area contributed by atoms with E-state index in [2.05, 4.69) is 160 Å². The quantitative estimate of drug-likeness (QED) is 0.208. The van der Waals surface area contributed by atoms with E-state index in [1.807, 2.05) is 6.20 Å². The van der Waals surface area contributed by atoms with Gasteiger partial charge >= 0.3 is 0 Å². The molecule has 222 valence electrons. The standard InChI is InChI=1S/C39H40N4O/c1-38(2,3)26-18-19-40-37(22-26)43-33-13-9-8-12-31(33)32-17-16-29(24-36(32)43)44-30-21-27(39(4,5)6)20-28(23-30)42-25-41(7)34-14-10-11-15-35(34)42/h8-24H,25H2,1-7H3. The molecule has 3 heterocycles. The van der Waals surface area contributed by atoms with E-state index in [-0.39, 0.29) is 10.8 Å². The molecule has 0 aliphatic carbocycles. The van der Waals surface area contributed by atoms with Crippen molar-refractivity contribution in [3.05, 3.63) is 114 Å². The van der Waals surface area contributed by atoms with Gasteiger partial charge in [0.15, 0.2) is 0 Å². The van der Waals surface area contributed by atoms with Crippen LogP contribution in [0.5, 0.6) is 11.5 Å². The minimum atomic E-state index is -0.0423. The van der Waals surface area contributed by atoms with Gasteiger partial charge in [-0.1, -0.05) is 71.9 Å². The molecule has 6 aromatic rings. The monoisotopic (exact) mass is 580 g/mol. The van der Waals surface area contributed by atoms with Crippen molar-refractivity contribution < 1.29 is 4.74 Å². The van der Waals surface area contributed by atoms with E-state index in [9.17, 15) is 0 Å². The third-order valence-corrected chi connectivity index (χ3v) is 8.73. The molecule has 0 spiro atoms. The third-order valence-electron chi connectivity index (χ3n) is 8.73. The Balaban J connectivity index is 1.35. The molecule has 2 aromatic heterocycles. The van der Waals surface area contributed by atoms with Gasteiger partial charge in [-0.05, 0) is 76.6 Å². The summed E-state index contributed by atoms with van der Waals surface area (Å²) in [6.07, 6.45) is 1.92. The lowest BCUT2D eigenvalue weighted by Gasteiger charge is -2.25. The number of aromatic nitrogens is 2. The molecule has 7 rings (SSSR count). The fourth-order valence-electron chi connectivity index (χ4n) is 6.24. The molecular weight excluding hydrogens is 540 g/mol. The van der Waals surface area contributed by atoms with Crippen LogP contribution in [0.15, 0.2) is 103 Å². The van der Waals surface area contributed by atoms with Gasteiger partial charge in [-0.3, -0.25) is 4.57 Å². The summed E-state index contributed by atoms with van der Waals surface area (Å²) in [7, 11) is 2.14. The molecule has 0 radical (unpaired) electrons. The highest BCUT2D eigenvalue weighted by Gasteiger charge is 2.26. The average molecular weight is 581 g/mol. The smallest absolute Gasteiger partial charge is 0.137 e. The van der Waals surface area contributed by atoms with Crippen molar-refractivity contribution >= 4 is 38.9 Å². The summed E-state index contributed by atoms with van der Waals surface area (Å²) in [6, 6.07) is 34.5. The van der Waals surface area contributed by atoms with Gasteiger partial charge in [0.05, 0.1) is 29.1 Å². The maximum Gasteiger partial charge on any atom is 0.137 e. The maximum atomic E-state index is 6.73. The number of benzene rings is 4. The predicted octanol–water partition coefficient (Wildman–Crippen LogP) is 10.1. The van der Waals surface area contributed by atoms with E-state index in [4.69, 9.17) is 9.72 Å². The first-order valence-electron chi connectivity index (χ1n) is 15.4. The second-order valence-electron chi connectivity index (χ2n) is 14.0. The van der Waals surface area contributed by atoms with Gasteiger partial charge in [-0.2, -0.15) is 0 Å². The van der Waals surface area contributed by atoms with Gasteiger partial charge in [-0.15, -0.1) is 0 Å². The lowest BCUT2D eigenvalue weighted by atomic mass is 9.86. The first kappa shape index (κ1) is 28.0. The fraction of sp³-hybridized carbons (Fsp3) is 0.256. The summed E-state index contributed by atoms with van der Waals surface area (Å²) in [6.45, 7) is 14.3. The van der Waals surface area contributed by atoms with Gasteiger partial charge in [0.25, 0.3) is 0 Å². The molecule has 0 amide bonds. The molecule has 1 aliphatic heterocycles. The van der Waals surface area contributed by atoms with E-state index < -0.39 is 0 Å². The molecule has 1 aliphatic rings. The van der Waals surface area contributed by atoms with Crippen LogP contribution in [-0.2, 0) is 10.8 Å². The Morgan fingerprint density at radius 2 is 1.34 bits per heavy atom. The van der Waals surface area contributed by atoms with Crippen molar-refractivity contribution in [3.8, 4) is 17.3 Å². The Labute approximate surface area is 260 Å². The number of hydrogen-bond donors (Lipinski definition) is 0. The van der Waals surface area contributed by atoms with Gasteiger partial charge in [-0.25, -0.2) is 4.98 Å². The Morgan fingerprint density at radius 3 is 2.11 bits per heavy atom. The van der Waals surface area contributed by atoms with Crippen LogP contribution in [0.3, 0.4) is 0 Å².